The first-order valence-electron chi connectivity index (χ1n) is 6.70. The van der Waals surface area contributed by atoms with Gasteiger partial charge in [0.25, 0.3) is 0 Å². The van der Waals surface area contributed by atoms with E-state index in [1.54, 1.807) is 0 Å². The lowest BCUT2D eigenvalue weighted by molar-refractivity contribution is 0.867. The summed E-state index contributed by atoms with van der Waals surface area (Å²) in [6, 6.07) is 12.8. The Morgan fingerprint density at radius 1 is 1.05 bits per heavy atom. The molecule has 0 amide bonds. The minimum atomic E-state index is 0.567. The zero-order chi connectivity index (χ0) is 13.4. The molecule has 0 saturated heterocycles. The summed E-state index contributed by atoms with van der Waals surface area (Å²) in [5.74, 6) is 0.567. The van der Waals surface area contributed by atoms with Crippen LogP contribution in [0.25, 0.3) is 16.9 Å². The van der Waals surface area contributed by atoms with Crippen LogP contribution in [0.3, 0.4) is 0 Å². The Balaban J connectivity index is 2.06. The van der Waals surface area contributed by atoms with Crippen molar-refractivity contribution in [3.05, 3.63) is 59.9 Å². The standard InChI is InChI=1S/C17H18N2/c1-12(2)14-6-8-15(9-7-14)16-11-19-10-4-5-13(3)17(19)18-16/h4-12H,1-3H3. The van der Waals surface area contributed by atoms with Gasteiger partial charge in [0, 0.05) is 18.0 Å². The summed E-state index contributed by atoms with van der Waals surface area (Å²) < 4.78 is 2.08. The first-order chi connectivity index (χ1) is 9.15. The van der Waals surface area contributed by atoms with Crippen molar-refractivity contribution in [1.82, 2.24) is 9.38 Å². The molecule has 3 rings (SSSR count). The van der Waals surface area contributed by atoms with E-state index in [0.717, 1.165) is 11.3 Å². The fourth-order valence-corrected chi connectivity index (χ4v) is 2.33. The van der Waals surface area contributed by atoms with Gasteiger partial charge in [-0.1, -0.05) is 44.2 Å². The molecule has 96 valence electrons. The van der Waals surface area contributed by atoms with Crippen LogP contribution in [-0.4, -0.2) is 9.38 Å². The van der Waals surface area contributed by atoms with Crippen molar-refractivity contribution >= 4 is 5.65 Å². The van der Waals surface area contributed by atoms with Gasteiger partial charge >= 0.3 is 0 Å². The lowest BCUT2D eigenvalue weighted by Crippen LogP contribution is -1.86. The van der Waals surface area contributed by atoms with Crippen LogP contribution in [0, 0.1) is 6.92 Å². The summed E-state index contributed by atoms with van der Waals surface area (Å²) in [6.45, 7) is 6.51. The van der Waals surface area contributed by atoms with E-state index in [-0.39, 0.29) is 0 Å². The average Bonchev–Trinajstić information content (AvgIpc) is 2.84. The predicted octanol–water partition coefficient (Wildman–Crippen LogP) is 4.43. The van der Waals surface area contributed by atoms with Gasteiger partial charge in [0.1, 0.15) is 5.65 Å². The molecule has 3 aromatic rings. The molecule has 2 nitrogen and oxygen atoms in total. The van der Waals surface area contributed by atoms with Gasteiger partial charge in [-0.05, 0) is 30.0 Å². The number of pyridine rings is 1. The molecule has 0 fully saturated rings. The Hall–Kier alpha value is -2.09. The fourth-order valence-electron chi connectivity index (χ4n) is 2.33. The first kappa shape index (κ1) is 12.0. The van der Waals surface area contributed by atoms with Gasteiger partial charge in [-0.15, -0.1) is 0 Å². The minimum absolute atomic E-state index is 0.567. The molecule has 0 atom stereocenters. The average molecular weight is 250 g/mol. The molecule has 0 spiro atoms. The molecular weight excluding hydrogens is 232 g/mol. The van der Waals surface area contributed by atoms with Crippen LogP contribution < -0.4 is 0 Å². The monoisotopic (exact) mass is 250 g/mol. The number of nitrogens with zero attached hydrogens (tertiary/aromatic N) is 2. The Morgan fingerprint density at radius 3 is 2.42 bits per heavy atom. The molecule has 0 aliphatic rings. The van der Waals surface area contributed by atoms with E-state index in [4.69, 9.17) is 4.98 Å². The maximum atomic E-state index is 4.72. The summed E-state index contributed by atoms with van der Waals surface area (Å²) >= 11 is 0. The molecule has 0 radical (unpaired) electrons. The molecular formula is C17H18N2. The van der Waals surface area contributed by atoms with Crippen LogP contribution >= 0.6 is 0 Å². The summed E-state index contributed by atoms with van der Waals surface area (Å²) in [5, 5.41) is 0. The second-order valence-corrected chi connectivity index (χ2v) is 5.32. The zero-order valence-corrected chi connectivity index (χ0v) is 11.6. The number of hydrogen-bond donors (Lipinski definition) is 0. The highest BCUT2D eigenvalue weighted by molar-refractivity contribution is 5.64. The van der Waals surface area contributed by atoms with Crippen molar-refractivity contribution < 1.29 is 0 Å². The van der Waals surface area contributed by atoms with Gasteiger partial charge in [-0.3, -0.25) is 0 Å². The molecule has 19 heavy (non-hydrogen) atoms. The van der Waals surface area contributed by atoms with Crippen LogP contribution in [0.5, 0.6) is 0 Å². The number of benzene rings is 1. The number of aryl methyl sites for hydroxylation is 1. The van der Waals surface area contributed by atoms with Crippen LogP contribution in [0.2, 0.25) is 0 Å². The van der Waals surface area contributed by atoms with E-state index < -0.39 is 0 Å². The molecule has 0 N–H and O–H groups in total. The fraction of sp³-hybridized carbons (Fsp3) is 0.235. The van der Waals surface area contributed by atoms with E-state index in [9.17, 15) is 0 Å². The van der Waals surface area contributed by atoms with Crippen molar-refractivity contribution in [3.63, 3.8) is 0 Å². The molecule has 0 aliphatic carbocycles. The van der Waals surface area contributed by atoms with Crippen LogP contribution in [0.1, 0.15) is 30.9 Å². The highest BCUT2D eigenvalue weighted by Gasteiger charge is 2.06. The second-order valence-electron chi connectivity index (χ2n) is 5.32. The summed E-state index contributed by atoms with van der Waals surface area (Å²) in [6.07, 6.45) is 4.13. The van der Waals surface area contributed by atoms with Gasteiger partial charge in [-0.2, -0.15) is 0 Å². The van der Waals surface area contributed by atoms with E-state index in [1.807, 2.05) is 6.20 Å². The molecule has 2 aromatic heterocycles. The highest BCUT2D eigenvalue weighted by Crippen LogP contribution is 2.23. The van der Waals surface area contributed by atoms with E-state index in [1.165, 1.54) is 16.7 Å². The molecule has 0 saturated carbocycles. The van der Waals surface area contributed by atoms with Crippen molar-refractivity contribution in [1.29, 1.82) is 0 Å². The normalized spacial score (nSPS) is 11.4. The second kappa shape index (κ2) is 4.54. The van der Waals surface area contributed by atoms with Gasteiger partial charge in [0.15, 0.2) is 0 Å². The summed E-state index contributed by atoms with van der Waals surface area (Å²) in [4.78, 5) is 4.72. The minimum Gasteiger partial charge on any atom is -0.306 e. The summed E-state index contributed by atoms with van der Waals surface area (Å²) in [7, 11) is 0. The molecule has 0 aliphatic heterocycles. The number of imidazole rings is 1. The van der Waals surface area contributed by atoms with Crippen molar-refractivity contribution in [2.75, 3.05) is 0 Å². The van der Waals surface area contributed by atoms with Crippen LogP contribution in [0.4, 0.5) is 0 Å². The number of aromatic nitrogens is 2. The third-order valence-electron chi connectivity index (χ3n) is 3.55. The Bertz CT molecular complexity index is 706. The quantitative estimate of drug-likeness (QED) is 0.657. The third kappa shape index (κ3) is 2.14. The number of hydrogen-bond acceptors (Lipinski definition) is 1. The van der Waals surface area contributed by atoms with Crippen molar-refractivity contribution in [2.24, 2.45) is 0 Å². The molecule has 0 unspecified atom stereocenters. The largest absolute Gasteiger partial charge is 0.306 e. The van der Waals surface area contributed by atoms with Crippen LogP contribution in [0.15, 0.2) is 48.8 Å². The molecule has 0 bridgehead atoms. The lowest BCUT2D eigenvalue weighted by Gasteiger charge is -2.05. The number of rotatable bonds is 2. The summed E-state index contributed by atoms with van der Waals surface area (Å²) in [5.41, 5.74) is 5.80. The van der Waals surface area contributed by atoms with E-state index >= 15 is 0 Å². The third-order valence-corrected chi connectivity index (χ3v) is 3.55. The van der Waals surface area contributed by atoms with Gasteiger partial charge in [0.05, 0.1) is 5.69 Å². The highest BCUT2D eigenvalue weighted by atomic mass is 15.0. The van der Waals surface area contributed by atoms with Gasteiger partial charge in [-0.25, -0.2) is 4.98 Å². The Labute approximate surface area is 113 Å². The predicted molar refractivity (Wildman–Crippen MR) is 79.5 cm³/mol. The van der Waals surface area contributed by atoms with Crippen LogP contribution in [-0.2, 0) is 0 Å². The van der Waals surface area contributed by atoms with E-state index in [0.29, 0.717) is 5.92 Å². The maximum absolute atomic E-state index is 4.72. The molecule has 2 heteroatoms. The van der Waals surface area contributed by atoms with Crippen molar-refractivity contribution in [3.8, 4) is 11.3 Å². The van der Waals surface area contributed by atoms with E-state index in [2.05, 4.69) is 67.8 Å². The Kier molecular flexibility index (Phi) is 2.86. The Morgan fingerprint density at radius 2 is 1.79 bits per heavy atom. The SMILES string of the molecule is Cc1cccn2cc(-c3ccc(C(C)C)cc3)nc12. The lowest BCUT2D eigenvalue weighted by atomic mass is 10.0. The molecule has 1 aromatic carbocycles. The molecule has 2 heterocycles. The first-order valence-corrected chi connectivity index (χ1v) is 6.70. The number of fused-ring (bicyclic) bond motifs is 1. The topological polar surface area (TPSA) is 17.3 Å². The smallest absolute Gasteiger partial charge is 0.140 e. The maximum Gasteiger partial charge on any atom is 0.140 e. The van der Waals surface area contributed by atoms with Crippen molar-refractivity contribution in [2.45, 2.75) is 26.7 Å². The van der Waals surface area contributed by atoms with Gasteiger partial charge < -0.3 is 4.40 Å². The van der Waals surface area contributed by atoms with Gasteiger partial charge in [0.2, 0.25) is 0 Å². The zero-order valence-electron chi connectivity index (χ0n) is 11.6.